The molecule has 0 unspecified atom stereocenters. The summed E-state index contributed by atoms with van der Waals surface area (Å²) in [7, 11) is 1.60. The fraction of sp³-hybridized carbons (Fsp3) is 0.211. The van der Waals surface area contributed by atoms with Gasteiger partial charge in [-0.05, 0) is 31.5 Å². The van der Waals surface area contributed by atoms with Crippen LogP contribution < -0.4 is 4.74 Å². The lowest BCUT2D eigenvalue weighted by molar-refractivity contribution is 0.151. The second-order valence-corrected chi connectivity index (χ2v) is 5.42. The van der Waals surface area contributed by atoms with Crippen LogP contribution >= 0.6 is 0 Å². The summed E-state index contributed by atoms with van der Waals surface area (Å²) in [6, 6.07) is 15.1. The van der Waals surface area contributed by atoms with Crippen molar-refractivity contribution in [3.8, 4) is 28.5 Å². The lowest BCUT2D eigenvalue weighted by Crippen LogP contribution is -2.16. The predicted molar refractivity (Wildman–Crippen MR) is 94.6 cm³/mol. The number of aryl methyl sites for hydroxylation is 1. The molecule has 0 aliphatic rings. The van der Waals surface area contributed by atoms with Gasteiger partial charge >= 0.3 is 6.09 Å². The summed E-state index contributed by atoms with van der Waals surface area (Å²) in [6.45, 7) is 3.98. The van der Waals surface area contributed by atoms with Crippen molar-refractivity contribution in [2.24, 2.45) is 0 Å². The summed E-state index contributed by atoms with van der Waals surface area (Å²) >= 11 is 0. The number of aromatic nitrogens is 3. The van der Waals surface area contributed by atoms with E-state index in [0.717, 1.165) is 16.7 Å². The Bertz CT molecular complexity index is 902. The Hall–Kier alpha value is -3.15. The lowest BCUT2D eigenvalue weighted by Gasteiger charge is -2.06. The second kappa shape index (κ2) is 7.17. The van der Waals surface area contributed by atoms with Crippen molar-refractivity contribution >= 4 is 6.09 Å². The van der Waals surface area contributed by atoms with Crippen LogP contribution in [0.5, 0.6) is 5.75 Å². The van der Waals surface area contributed by atoms with Crippen LogP contribution in [0.15, 0.2) is 48.5 Å². The normalized spacial score (nSPS) is 10.5. The molecule has 0 radical (unpaired) electrons. The maximum absolute atomic E-state index is 12.3. The number of ether oxygens (including phenoxy) is 2. The first-order valence-electron chi connectivity index (χ1n) is 7.98. The highest BCUT2D eigenvalue weighted by atomic mass is 16.6. The molecule has 1 heterocycles. The van der Waals surface area contributed by atoms with Crippen molar-refractivity contribution in [3.05, 3.63) is 54.1 Å². The van der Waals surface area contributed by atoms with Crippen LogP contribution in [-0.2, 0) is 4.74 Å². The van der Waals surface area contributed by atoms with Gasteiger partial charge < -0.3 is 9.47 Å². The van der Waals surface area contributed by atoms with Gasteiger partial charge in [0.2, 0.25) is 0 Å². The van der Waals surface area contributed by atoms with E-state index in [1.54, 1.807) is 14.0 Å². The van der Waals surface area contributed by atoms with Gasteiger partial charge in [-0.25, -0.2) is 9.78 Å². The van der Waals surface area contributed by atoms with E-state index in [9.17, 15) is 4.79 Å². The molecule has 1 aromatic heterocycles. The molecule has 6 nitrogen and oxygen atoms in total. The molecule has 0 saturated carbocycles. The van der Waals surface area contributed by atoms with Gasteiger partial charge in [-0.1, -0.05) is 36.4 Å². The molecule has 0 aliphatic carbocycles. The number of nitrogens with zero attached hydrogens (tertiary/aromatic N) is 3. The summed E-state index contributed by atoms with van der Waals surface area (Å²) in [5, 5.41) is 4.37. The van der Waals surface area contributed by atoms with Crippen LogP contribution in [0, 0.1) is 6.92 Å². The van der Waals surface area contributed by atoms with Crippen molar-refractivity contribution in [3.63, 3.8) is 0 Å². The van der Waals surface area contributed by atoms with E-state index >= 15 is 0 Å². The molecule has 0 N–H and O–H groups in total. The van der Waals surface area contributed by atoms with Crippen LogP contribution in [0.4, 0.5) is 4.79 Å². The molecule has 0 bridgehead atoms. The Morgan fingerprint density at radius 1 is 1.16 bits per heavy atom. The average Bonchev–Trinajstić information content (AvgIpc) is 3.07. The number of carbonyl (C=O) groups excluding carboxylic acids is 1. The van der Waals surface area contributed by atoms with E-state index in [0.29, 0.717) is 17.4 Å². The molecule has 3 rings (SSSR count). The van der Waals surface area contributed by atoms with E-state index in [1.807, 2.05) is 55.5 Å². The molecule has 128 valence electrons. The minimum Gasteiger partial charge on any atom is -0.497 e. The van der Waals surface area contributed by atoms with Gasteiger partial charge in [0.25, 0.3) is 0 Å². The molecule has 6 heteroatoms. The third kappa shape index (κ3) is 3.38. The van der Waals surface area contributed by atoms with Crippen molar-refractivity contribution in [2.45, 2.75) is 13.8 Å². The first-order chi connectivity index (χ1) is 12.1. The lowest BCUT2D eigenvalue weighted by atomic mass is 10.1. The maximum atomic E-state index is 12.3. The molecule has 25 heavy (non-hydrogen) atoms. The fourth-order valence-electron chi connectivity index (χ4n) is 2.51. The molecule has 0 saturated heterocycles. The van der Waals surface area contributed by atoms with Crippen molar-refractivity contribution in [1.82, 2.24) is 14.8 Å². The van der Waals surface area contributed by atoms with Crippen LogP contribution in [0.1, 0.15) is 12.5 Å². The van der Waals surface area contributed by atoms with Crippen LogP contribution in [0.25, 0.3) is 22.8 Å². The number of rotatable bonds is 4. The summed E-state index contributed by atoms with van der Waals surface area (Å²) in [6.07, 6.45) is -0.553. The number of benzene rings is 2. The number of hydrogen-bond acceptors (Lipinski definition) is 5. The van der Waals surface area contributed by atoms with Gasteiger partial charge in [0.1, 0.15) is 5.75 Å². The zero-order valence-corrected chi connectivity index (χ0v) is 14.4. The minimum atomic E-state index is -0.553. The van der Waals surface area contributed by atoms with Gasteiger partial charge in [0.05, 0.1) is 13.7 Å². The molecular formula is C19H19N3O3. The Kier molecular flexibility index (Phi) is 4.79. The summed E-state index contributed by atoms with van der Waals surface area (Å²) < 4.78 is 11.6. The summed E-state index contributed by atoms with van der Waals surface area (Å²) in [4.78, 5) is 16.9. The predicted octanol–water partition coefficient (Wildman–Crippen LogP) is 3.93. The second-order valence-electron chi connectivity index (χ2n) is 5.42. The summed E-state index contributed by atoms with van der Waals surface area (Å²) in [5.41, 5.74) is 2.59. The van der Waals surface area contributed by atoms with Crippen LogP contribution in [0.2, 0.25) is 0 Å². The highest BCUT2D eigenvalue weighted by Crippen LogP contribution is 2.26. The Balaban J connectivity index is 2.15. The van der Waals surface area contributed by atoms with Crippen molar-refractivity contribution in [2.75, 3.05) is 13.7 Å². The zero-order valence-electron chi connectivity index (χ0n) is 14.4. The molecule has 0 aliphatic heterocycles. The van der Waals surface area contributed by atoms with Crippen LogP contribution in [0.3, 0.4) is 0 Å². The molecule has 0 fully saturated rings. The molecular weight excluding hydrogens is 318 g/mol. The monoisotopic (exact) mass is 337 g/mol. The van der Waals surface area contributed by atoms with Crippen molar-refractivity contribution in [1.29, 1.82) is 0 Å². The fourth-order valence-corrected chi connectivity index (χ4v) is 2.51. The summed E-state index contributed by atoms with van der Waals surface area (Å²) in [5.74, 6) is 1.59. The first kappa shape index (κ1) is 16.7. The van der Waals surface area contributed by atoms with E-state index in [-0.39, 0.29) is 6.61 Å². The van der Waals surface area contributed by atoms with Crippen molar-refractivity contribution < 1.29 is 14.3 Å². The molecule has 0 atom stereocenters. The standard InChI is InChI=1S/C19H19N3O3/c1-4-25-19(23)22-18(16-11-6-5-8-13(16)2)20-17(21-22)14-9-7-10-15(12-14)24-3/h5-12H,4H2,1-3H3. The van der Waals surface area contributed by atoms with Gasteiger partial charge in [0.15, 0.2) is 11.6 Å². The average molecular weight is 337 g/mol. The highest BCUT2D eigenvalue weighted by Gasteiger charge is 2.20. The quantitative estimate of drug-likeness (QED) is 0.721. The van der Waals surface area contributed by atoms with Gasteiger partial charge in [-0.2, -0.15) is 0 Å². The molecule has 0 amide bonds. The SMILES string of the molecule is CCOC(=O)n1nc(-c2cccc(OC)c2)nc1-c1ccccc1C. The first-order valence-corrected chi connectivity index (χ1v) is 7.98. The molecule has 2 aromatic carbocycles. The maximum Gasteiger partial charge on any atom is 0.436 e. The van der Waals surface area contributed by atoms with E-state index in [1.165, 1.54) is 4.68 Å². The zero-order chi connectivity index (χ0) is 17.8. The largest absolute Gasteiger partial charge is 0.497 e. The van der Waals surface area contributed by atoms with Gasteiger partial charge in [-0.15, -0.1) is 9.78 Å². The minimum absolute atomic E-state index is 0.264. The Morgan fingerprint density at radius 2 is 1.96 bits per heavy atom. The third-order valence-corrected chi connectivity index (χ3v) is 3.76. The van der Waals surface area contributed by atoms with E-state index < -0.39 is 6.09 Å². The van der Waals surface area contributed by atoms with Crippen LogP contribution in [-0.4, -0.2) is 34.6 Å². The topological polar surface area (TPSA) is 66.2 Å². The third-order valence-electron chi connectivity index (χ3n) is 3.76. The van der Waals surface area contributed by atoms with E-state index in [2.05, 4.69) is 10.1 Å². The number of carbonyl (C=O) groups is 1. The van der Waals surface area contributed by atoms with Gasteiger partial charge in [0, 0.05) is 11.1 Å². The van der Waals surface area contributed by atoms with Gasteiger partial charge in [-0.3, -0.25) is 0 Å². The molecule has 0 spiro atoms. The Morgan fingerprint density at radius 3 is 2.68 bits per heavy atom. The van der Waals surface area contributed by atoms with E-state index in [4.69, 9.17) is 9.47 Å². The number of hydrogen-bond donors (Lipinski definition) is 0. The smallest absolute Gasteiger partial charge is 0.436 e. The number of methoxy groups -OCH3 is 1. The Labute approximate surface area is 146 Å². The molecule has 3 aromatic rings. The highest BCUT2D eigenvalue weighted by molar-refractivity contribution is 5.78.